The fourth-order valence-electron chi connectivity index (χ4n) is 1.32. The molecular weight excluding hydrogens is 212 g/mol. The fourth-order valence-corrected chi connectivity index (χ4v) is 2.87. The molecule has 2 nitrogen and oxygen atoms in total. The van der Waals surface area contributed by atoms with Gasteiger partial charge >= 0.3 is 0 Å². The molecule has 0 fully saturated rings. The smallest absolute Gasteiger partial charge is 0.167 e. The number of aromatic nitrogens is 2. The van der Waals surface area contributed by atoms with Gasteiger partial charge in [0.2, 0.25) is 0 Å². The normalized spacial score (nSPS) is 13.1. The van der Waals surface area contributed by atoms with Crippen LogP contribution in [-0.2, 0) is 7.05 Å². The highest BCUT2D eigenvalue weighted by atomic mass is 32.2. The number of thiol groups is 1. The van der Waals surface area contributed by atoms with Gasteiger partial charge in [0.25, 0.3) is 0 Å². The standard InChI is InChI=1S/C10H18N2S2/c1-3-4-9(7-13)8-14-10-11-5-6-12(10)2/h5-6,9,13H,3-4,7-8H2,1-2H3. The van der Waals surface area contributed by atoms with Crippen LogP contribution < -0.4 is 0 Å². The average molecular weight is 230 g/mol. The third kappa shape index (κ3) is 3.58. The minimum absolute atomic E-state index is 0.713. The van der Waals surface area contributed by atoms with Crippen molar-refractivity contribution >= 4 is 24.4 Å². The molecule has 80 valence electrons. The predicted molar refractivity (Wildman–Crippen MR) is 66.2 cm³/mol. The molecule has 0 amide bonds. The first-order valence-corrected chi connectivity index (χ1v) is 6.60. The van der Waals surface area contributed by atoms with Crippen LogP contribution in [0.15, 0.2) is 17.6 Å². The van der Waals surface area contributed by atoms with Crippen molar-refractivity contribution in [2.24, 2.45) is 13.0 Å². The summed E-state index contributed by atoms with van der Waals surface area (Å²) in [6, 6.07) is 0. The summed E-state index contributed by atoms with van der Waals surface area (Å²) in [5.41, 5.74) is 0. The van der Waals surface area contributed by atoms with E-state index in [1.807, 2.05) is 31.2 Å². The van der Waals surface area contributed by atoms with Crippen LogP contribution in [0.1, 0.15) is 19.8 Å². The molecule has 1 heterocycles. The van der Waals surface area contributed by atoms with Crippen molar-refractivity contribution in [2.75, 3.05) is 11.5 Å². The van der Waals surface area contributed by atoms with E-state index in [2.05, 4.69) is 29.1 Å². The van der Waals surface area contributed by atoms with E-state index in [0.717, 1.165) is 16.7 Å². The zero-order valence-electron chi connectivity index (χ0n) is 8.81. The minimum atomic E-state index is 0.713. The molecule has 0 aromatic carbocycles. The third-order valence-electron chi connectivity index (χ3n) is 2.18. The highest BCUT2D eigenvalue weighted by molar-refractivity contribution is 7.99. The van der Waals surface area contributed by atoms with Crippen molar-refractivity contribution in [1.29, 1.82) is 0 Å². The number of imidazole rings is 1. The van der Waals surface area contributed by atoms with Crippen LogP contribution in [0.4, 0.5) is 0 Å². The van der Waals surface area contributed by atoms with E-state index in [0.29, 0.717) is 5.92 Å². The molecular formula is C10H18N2S2. The average Bonchev–Trinajstić information content (AvgIpc) is 2.59. The van der Waals surface area contributed by atoms with Gasteiger partial charge in [0.05, 0.1) is 0 Å². The van der Waals surface area contributed by atoms with E-state index in [1.165, 1.54) is 12.8 Å². The van der Waals surface area contributed by atoms with Gasteiger partial charge in [-0.3, -0.25) is 0 Å². The summed E-state index contributed by atoms with van der Waals surface area (Å²) >= 11 is 6.20. The Kier molecular flexibility index (Phi) is 5.48. The number of nitrogens with zero attached hydrogens (tertiary/aromatic N) is 2. The number of thioether (sulfide) groups is 1. The Labute approximate surface area is 95.9 Å². The Balaban J connectivity index is 2.35. The summed E-state index contributed by atoms with van der Waals surface area (Å²) in [7, 11) is 2.03. The third-order valence-corrected chi connectivity index (χ3v) is 3.99. The molecule has 0 saturated heterocycles. The molecule has 1 atom stereocenters. The van der Waals surface area contributed by atoms with Crippen molar-refractivity contribution in [3.63, 3.8) is 0 Å². The Morgan fingerprint density at radius 3 is 2.93 bits per heavy atom. The lowest BCUT2D eigenvalue weighted by atomic mass is 10.1. The Hall–Kier alpha value is -0.0900. The molecule has 0 aliphatic carbocycles. The van der Waals surface area contributed by atoms with Gasteiger partial charge in [-0.25, -0.2) is 4.98 Å². The SMILES string of the molecule is CCCC(CS)CSc1nccn1C. The summed E-state index contributed by atoms with van der Waals surface area (Å²) in [6.45, 7) is 2.22. The van der Waals surface area contributed by atoms with Crippen LogP contribution in [0.5, 0.6) is 0 Å². The minimum Gasteiger partial charge on any atom is -0.329 e. The van der Waals surface area contributed by atoms with Crippen molar-refractivity contribution in [3.05, 3.63) is 12.4 Å². The summed E-state index contributed by atoms with van der Waals surface area (Å²) in [4.78, 5) is 4.28. The molecule has 0 N–H and O–H groups in total. The molecule has 1 aromatic rings. The molecule has 14 heavy (non-hydrogen) atoms. The van der Waals surface area contributed by atoms with Crippen LogP contribution in [0.3, 0.4) is 0 Å². The van der Waals surface area contributed by atoms with E-state index >= 15 is 0 Å². The Morgan fingerprint density at radius 2 is 2.43 bits per heavy atom. The number of hydrogen-bond donors (Lipinski definition) is 1. The summed E-state index contributed by atoms with van der Waals surface area (Å²) in [5, 5.41) is 1.10. The monoisotopic (exact) mass is 230 g/mol. The number of aryl methyl sites for hydroxylation is 1. The molecule has 0 bridgehead atoms. The van der Waals surface area contributed by atoms with Crippen LogP contribution in [0.25, 0.3) is 0 Å². The first kappa shape index (κ1) is 12.0. The van der Waals surface area contributed by atoms with Gasteiger partial charge in [-0.1, -0.05) is 25.1 Å². The molecule has 0 radical (unpaired) electrons. The fraction of sp³-hybridized carbons (Fsp3) is 0.700. The van der Waals surface area contributed by atoms with E-state index in [1.54, 1.807) is 0 Å². The molecule has 0 aliphatic heterocycles. The van der Waals surface area contributed by atoms with Crippen LogP contribution in [-0.4, -0.2) is 21.1 Å². The first-order valence-electron chi connectivity index (χ1n) is 4.99. The van der Waals surface area contributed by atoms with Crippen molar-refractivity contribution in [3.8, 4) is 0 Å². The van der Waals surface area contributed by atoms with E-state index in [4.69, 9.17) is 0 Å². The lowest BCUT2D eigenvalue weighted by Gasteiger charge is -2.11. The maximum atomic E-state index is 4.37. The summed E-state index contributed by atoms with van der Waals surface area (Å²) < 4.78 is 2.06. The maximum absolute atomic E-state index is 4.37. The number of rotatable bonds is 6. The second-order valence-corrected chi connectivity index (χ2v) is 4.82. The van der Waals surface area contributed by atoms with E-state index in [9.17, 15) is 0 Å². The molecule has 1 rings (SSSR count). The number of hydrogen-bond acceptors (Lipinski definition) is 3. The van der Waals surface area contributed by atoms with Gasteiger partial charge in [-0.05, 0) is 18.1 Å². The van der Waals surface area contributed by atoms with Gasteiger partial charge < -0.3 is 4.57 Å². The lowest BCUT2D eigenvalue weighted by Crippen LogP contribution is -2.06. The summed E-state index contributed by atoms with van der Waals surface area (Å²) in [5.74, 6) is 2.82. The van der Waals surface area contributed by atoms with Crippen LogP contribution in [0.2, 0.25) is 0 Å². The highest BCUT2D eigenvalue weighted by Crippen LogP contribution is 2.21. The molecule has 0 spiro atoms. The van der Waals surface area contributed by atoms with Gasteiger partial charge in [-0.2, -0.15) is 12.6 Å². The van der Waals surface area contributed by atoms with Crippen molar-refractivity contribution < 1.29 is 0 Å². The van der Waals surface area contributed by atoms with E-state index in [-0.39, 0.29) is 0 Å². The molecule has 4 heteroatoms. The largest absolute Gasteiger partial charge is 0.329 e. The molecule has 0 aliphatic rings. The first-order chi connectivity index (χ1) is 6.77. The zero-order chi connectivity index (χ0) is 10.4. The van der Waals surface area contributed by atoms with Crippen LogP contribution >= 0.6 is 24.4 Å². The summed E-state index contributed by atoms with van der Waals surface area (Å²) in [6.07, 6.45) is 6.34. The van der Waals surface area contributed by atoms with Gasteiger partial charge in [0.15, 0.2) is 5.16 Å². The lowest BCUT2D eigenvalue weighted by molar-refractivity contribution is 0.594. The zero-order valence-corrected chi connectivity index (χ0v) is 10.5. The van der Waals surface area contributed by atoms with Crippen molar-refractivity contribution in [2.45, 2.75) is 24.9 Å². The van der Waals surface area contributed by atoms with Gasteiger partial charge in [0.1, 0.15) is 0 Å². The van der Waals surface area contributed by atoms with Gasteiger partial charge in [0, 0.05) is 25.2 Å². The highest BCUT2D eigenvalue weighted by Gasteiger charge is 2.08. The molecule has 1 unspecified atom stereocenters. The second kappa shape index (κ2) is 6.40. The quantitative estimate of drug-likeness (QED) is 0.598. The topological polar surface area (TPSA) is 17.8 Å². The second-order valence-electron chi connectivity index (χ2n) is 3.47. The predicted octanol–water partition coefficient (Wildman–Crippen LogP) is 2.86. The Morgan fingerprint density at radius 1 is 1.64 bits per heavy atom. The molecule has 1 aromatic heterocycles. The van der Waals surface area contributed by atoms with Crippen molar-refractivity contribution in [1.82, 2.24) is 9.55 Å². The van der Waals surface area contributed by atoms with Crippen LogP contribution in [0, 0.1) is 5.92 Å². The Bertz CT molecular complexity index is 260. The van der Waals surface area contributed by atoms with Gasteiger partial charge in [-0.15, -0.1) is 0 Å². The molecule has 0 saturated carbocycles. The maximum Gasteiger partial charge on any atom is 0.167 e. The van der Waals surface area contributed by atoms with E-state index < -0.39 is 0 Å².